The van der Waals surface area contributed by atoms with E-state index in [4.69, 9.17) is 11.6 Å². The molecule has 0 saturated heterocycles. The number of halogens is 3. The maximum Gasteiger partial charge on any atom is 0.168 e. The zero-order valence-corrected chi connectivity index (χ0v) is 13.4. The van der Waals surface area contributed by atoms with Gasteiger partial charge in [-0.25, -0.2) is 4.39 Å². The van der Waals surface area contributed by atoms with E-state index in [9.17, 15) is 9.18 Å². The molecular weight excluding hydrogens is 347 g/mol. The smallest absolute Gasteiger partial charge is 0.168 e. The molecule has 0 saturated carbocycles. The first kappa shape index (κ1) is 15.2. The van der Waals surface area contributed by atoms with E-state index in [0.29, 0.717) is 27.2 Å². The first-order valence-corrected chi connectivity index (χ1v) is 7.29. The van der Waals surface area contributed by atoms with Crippen LogP contribution in [0, 0.1) is 5.82 Å². The summed E-state index contributed by atoms with van der Waals surface area (Å²) >= 11 is 9.38. The average molecular weight is 360 g/mol. The second kappa shape index (κ2) is 6.06. The van der Waals surface area contributed by atoms with Gasteiger partial charge >= 0.3 is 0 Å². The predicted molar refractivity (Wildman–Crippen MR) is 79.7 cm³/mol. The second-order valence-corrected chi connectivity index (χ2v) is 5.74. The minimum atomic E-state index is -0.451. The van der Waals surface area contributed by atoms with Gasteiger partial charge in [-0.3, -0.25) is 9.48 Å². The molecule has 1 aromatic carbocycles. The standard InChI is InChI=1S/C14H13BrClFN2O/c1-3-11-14(16)12(19(2)18-11)7-13(20)8-4-9(15)6-10(17)5-8/h4-6H,3,7H2,1-2H3. The highest BCUT2D eigenvalue weighted by molar-refractivity contribution is 9.10. The zero-order chi connectivity index (χ0) is 14.9. The van der Waals surface area contributed by atoms with Gasteiger partial charge in [-0.15, -0.1) is 0 Å². The number of rotatable bonds is 4. The molecule has 0 N–H and O–H groups in total. The van der Waals surface area contributed by atoms with Crippen LogP contribution < -0.4 is 0 Å². The molecule has 0 bridgehead atoms. The quantitative estimate of drug-likeness (QED) is 0.774. The normalized spacial score (nSPS) is 10.8. The summed E-state index contributed by atoms with van der Waals surface area (Å²) < 4.78 is 15.5. The third-order valence-corrected chi connectivity index (χ3v) is 3.91. The molecule has 0 aliphatic carbocycles. The van der Waals surface area contributed by atoms with E-state index >= 15 is 0 Å². The van der Waals surface area contributed by atoms with Gasteiger partial charge in [-0.2, -0.15) is 5.10 Å². The van der Waals surface area contributed by atoms with E-state index in [1.807, 2.05) is 6.92 Å². The number of carbonyl (C=O) groups is 1. The van der Waals surface area contributed by atoms with Crippen molar-refractivity contribution in [2.45, 2.75) is 19.8 Å². The van der Waals surface area contributed by atoms with Gasteiger partial charge in [-0.1, -0.05) is 34.5 Å². The van der Waals surface area contributed by atoms with E-state index in [1.165, 1.54) is 12.1 Å². The van der Waals surface area contributed by atoms with Gasteiger partial charge in [0, 0.05) is 17.1 Å². The van der Waals surface area contributed by atoms with Crippen molar-refractivity contribution in [2.24, 2.45) is 7.05 Å². The molecule has 3 nitrogen and oxygen atoms in total. The number of hydrogen-bond acceptors (Lipinski definition) is 2. The molecule has 20 heavy (non-hydrogen) atoms. The van der Waals surface area contributed by atoms with Crippen molar-refractivity contribution < 1.29 is 9.18 Å². The lowest BCUT2D eigenvalue weighted by Crippen LogP contribution is -2.08. The first-order valence-electron chi connectivity index (χ1n) is 6.12. The maximum atomic E-state index is 13.3. The van der Waals surface area contributed by atoms with Crippen LogP contribution in [-0.2, 0) is 19.9 Å². The van der Waals surface area contributed by atoms with Crippen LogP contribution in [0.25, 0.3) is 0 Å². The Hall–Kier alpha value is -1.20. The van der Waals surface area contributed by atoms with E-state index in [0.717, 1.165) is 5.69 Å². The largest absolute Gasteiger partial charge is 0.294 e. The van der Waals surface area contributed by atoms with Crippen molar-refractivity contribution in [3.8, 4) is 0 Å². The van der Waals surface area contributed by atoms with Crippen LogP contribution >= 0.6 is 27.5 Å². The van der Waals surface area contributed by atoms with Crippen molar-refractivity contribution in [3.63, 3.8) is 0 Å². The molecule has 0 aliphatic heterocycles. The minimum Gasteiger partial charge on any atom is -0.294 e. The lowest BCUT2D eigenvalue weighted by Gasteiger charge is -2.04. The van der Waals surface area contributed by atoms with Gasteiger partial charge in [0.15, 0.2) is 5.78 Å². The van der Waals surface area contributed by atoms with Crippen LogP contribution in [-0.4, -0.2) is 15.6 Å². The summed E-state index contributed by atoms with van der Waals surface area (Å²) in [4.78, 5) is 12.2. The first-order chi connectivity index (χ1) is 9.42. The Morgan fingerprint density at radius 3 is 2.70 bits per heavy atom. The fraction of sp³-hybridized carbons (Fsp3) is 0.286. The van der Waals surface area contributed by atoms with Crippen molar-refractivity contribution in [1.82, 2.24) is 9.78 Å². The summed E-state index contributed by atoms with van der Waals surface area (Å²) in [6.45, 7) is 1.95. The second-order valence-electron chi connectivity index (χ2n) is 4.44. The molecule has 0 unspecified atom stereocenters. The zero-order valence-electron chi connectivity index (χ0n) is 11.1. The highest BCUT2D eigenvalue weighted by Gasteiger charge is 2.17. The number of aryl methyl sites for hydroxylation is 2. The molecule has 0 aliphatic rings. The number of aromatic nitrogens is 2. The Labute approximate surface area is 129 Å². The molecule has 2 rings (SSSR count). The van der Waals surface area contributed by atoms with Crippen molar-refractivity contribution >= 4 is 33.3 Å². The number of benzene rings is 1. The van der Waals surface area contributed by atoms with E-state index in [1.54, 1.807) is 17.8 Å². The highest BCUT2D eigenvalue weighted by atomic mass is 79.9. The van der Waals surface area contributed by atoms with Crippen molar-refractivity contribution in [2.75, 3.05) is 0 Å². The minimum absolute atomic E-state index is 0.0955. The number of carbonyl (C=O) groups excluding carboxylic acids is 1. The third-order valence-electron chi connectivity index (χ3n) is 3.02. The number of ketones is 1. The number of Topliss-reactive ketones (excluding diaryl/α,β-unsaturated/α-hetero) is 1. The Bertz CT molecular complexity index is 649. The Morgan fingerprint density at radius 1 is 1.45 bits per heavy atom. The van der Waals surface area contributed by atoms with E-state index < -0.39 is 5.82 Å². The van der Waals surface area contributed by atoms with Gasteiger partial charge in [0.25, 0.3) is 0 Å². The van der Waals surface area contributed by atoms with E-state index in [2.05, 4.69) is 21.0 Å². The Kier molecular flexibility index (Phi) is 4.60. The molecular formula is C14H13BrClFN2O. The number of hydrogen-bond donors (Lipinski definition) is 0. The van der Waals surface area contributed by atoms with Gasteiger partial charge in [0.1, 0.15) is 5.82 Å². The van der Waals surface area contributed by atoms with Crippen LogP contribution in [0.15, 0.2) is 22.7 Å². The molecule has 1 heterocycles. The lowest BCUT2D eigenvalue weighted by atomic mass is 10.1. The van der Waals surface area contributed by atoms with E-state index in [-0.39, 0.29) is 12.2 Å². The topological polar surface area (TPSA) is 34.9 Å². The average Bonchev–Trinajstić information content (AvgIpc) is 2.65. The summed E-state index contributed by atoms with van der Waals surface area (Å²) in [5.41, 5.74) is 1.72. The van der Waals surface area contributed by atoms with Crippen LogP contribution in [0.4, 0.5) is 4.39 Å². The van der Waals surface area contributed by atoms with Crippen LogP contribution in [0.1, 0.15) is 28.7 Å². The van der Waals surface area contributed by atoms with Crippen LogP contribution in [0.5, 0.6) is 0 Å². The fourth-order valence-electron chi connectivity index (χ4n) is 1.98. The summed E-state index contributed by atoms with van der Waals surface area (Å²) in [6, 6.07) is 4.12. The maximum absolute atomic E-state index is 13.3. The Morgan fingerprint density at radius 2 is 2.15 bits per heavy atom. The van der Waals surface area contributed by atoms with Crippen LogP contribution in [0.3, 0.4) is 0 Å². The summed E-state index contributed by atoms with van der Waals surface area (Å²) in [6.07, 6.45) is 0.796. The summed E-state index contributed by atoms with van der Waals surface area (Å²) in [7, 11) is 1.75. The number of nitrogens with zero attached hydrogens (tertiary/aromatic N) is 2. The molecule has 1 aromatic heterocycles. The SMILES string of the molecule is CCc1nn(C)c(CC(=O)c2cc(F)cc(Br)c2)c1Cl. The summed E-state index contributed by atoms with van der Waals surface area (Å²) in [5.74, 6) is -0.647. The molecule has 0 amide bonds. The van der Waals surface area contributed by atoms with Crippen LogP contribution in [0.2, 0.25) is 5.02 Å². The van der Waals surface area contributed by atoms with Gasteiger partial charge < -0.3 is 0 Å². The molecule has 0 fully saturated rings. The van der Waals surface area contributed by atoms with Gasteiger partial charge in [-0.05, 0) is 24.6 Å². The van der Waals surface area contributed by atoms with Crippen molar-refractivity contribution in [3.05, 3.63) is 50.5 Å². The molecule has 2 aromatic rings. The molecule has 106 valence electrons. The lowest BCUT2D eigenvalue weighted by molar-refractivity contribution is 0.0990. The third kappa shape index (κ3) is 3.10. The molecule has 0 radical (unpaired) electrons. The van der Waals surface area contributed by atoms with Gasteiger partial charge in [0.2, 0.25) is 0 Å². The molecule has 6 heteroatoms. The fourth-order valence-corrected chi connectivity index (χ4v) is 2.81. The monoisotopic (exact) mass is 358 g/mol. The van der Waals surface area contributed by atoms with Gasteiger partial charge in [0.05, 0.1) is 22.8 Å². The molecule has 0 spiro atoms. The summed E-state index contributed by atoms with van der Waals surface area (Å²) in [5, 5.41) is 4.77. The molecule has 0 atom stereocenters. The predicted octanol–water partition coefficient (Wildman–Crippen LogP) is 3.96. The Balaban J connectivity index is 2.30. The van der Waals surface area contributed by atoms with Crippen molar-refractivity contribution in [1.29, 1.82) is 0 Å². The highest BCUT2D eigenvalue weighted by Crippen LogP contribution is 2.23.